The maximum absolute atomic E-state index is 12.2. The maximum atomic E-state index is 12.2. The number of aromatic nitrogens is 2. The van der Waals surface area contributed by atoms with Crippen molar-refractivity contribution in [3.05, 3.63) is 59.5 Å². The quantitative estimate of drug-likeness (QED) is 0.808. The van der Waals surface area contributed by atoms with Crippen LogP contribution < -0.4 is 10.1 Å². The minimum absolute atomic E-state index is 0.292. The third kappa shape index (κ3) is 2.68. The number of rotatable bonds is 3. The molecule has 3 aromatic rings. The van der Waals surface area contributed by atoms with E-state index in [0.29, 0.717) is 22.2 Å². The molecule has 0 bridgehead atoms. The molecule has 21 heavy (non-hydrogen) atoms. The number of nitrogens with one attached hydrogen (secondary N) is 1. The van der Waals surface area contributed by atoms with Crippen LogP contribution in [0.2, 0.25) is 5.02 Å². The fraction of sp³-hybridized carbons (Fsp3) is 0.0667. The number of hydrogen-bond donors (Lipinski definition) is 1. The summed E-state index contributed by atoms with van der Waals surface area (Å²) in [6.45, 7) is 0. The summed E-state index contributed by atoms with van der Waals surface area (Å²) in [7, 11) is 1.54. The van der Waals surface area contributed by atoms with E-state index in [-0.39, 0.29) is 5.91 Å². The summed E-state index contributed by atoms with van der Waals surface area (Å²) in [5.41, 5.74) is 1.64. The van der Waals surface area contributed by atoms with E-state index in [0.717, 1.165) is 5.65 Å². The van der Waals surface area contributed by atoms with Gasteiger partial charge in [0, 0.05) is 18.1 Å². The van der Waals surface area contributed by atoms with Crippen LogP contribution in [0.5, 0.6) is 5.75 Å². The molecule has 0 saturated heterocycles. The molecule has 1 aromatic carbocycles. The molecule has 0 unspecified atom stereocenters. The van der Waals surface area contributed by atoms with Crippen molar-refractivity contribution in [3.63, 3.8) is 0 Å². The summed E-state index contributed by atoms with van der Waals surface area (Å²) in [5.74, 6) is 0.266. The average molecular weight is 302 g/mol. The molecule has 0 atom stereocenters. The molecule has 1 N–H and O–H groups in total. The topological polar surface area (TPSA) is 55.6 Å². The van der Waals surface area contributed by atoms with Gasteiger partial charge in [-0.1, -0.05) is 17.7 Å². The second-order valence-electron chi connectivity index (χ2n) is 4.40. The van der Waals surface area contributed by atoms with E-state index < -0.39 is 0 Å². The predicted octanol–water partition coefficient (Wildman–Crippen LogP) is 3.25. The van der Waals surface area contributed by atoms with Gasteiger partial charge in [0.15, 0.2) is 0 Å². The molecule has 0 aliphatic carbocycles. The van der Waals surface area contributed by atoms with Crippen LogP contribution >= 0.6 is 11.6 Å². The van der Waals surface area contributed by atoms with Crippen molar-refractivity contribution >= 4 is 28.8 Å². The number of ether oxygens (including phenoxy) is 1. The standard InChI is InChI=1S/C15H12ClN3O2/c1-21-13-6-5-10(8-11(13)16)17-15(20)12-9-19-7-3-2-4-14(19)18-12/h2-9H,1H3,(H,17,20). The summed E-state index contributed by atoms with van der Waals surface area (Å²) in [5, 5.41) is 3.19. The number of amides is 1. The zero-order valence-electron chi connectivity index (χ0n) is 11.2. The Hall–Kier alpha value is -2.53. The summed E-state index contributed by atoms with van der Waals surface area (Å²) >= 11 is 6.03. The van der Waals surface area contributed by atoms with Crippen LogP contribution in [-0.4, -0.2) is 22.4 Å². The van der Waals surface area contributed by atoms with E-state index in [1.54, 1.807) is 28.8 Å². The number of imidazole rings is 1. The number of carbonyl (C=O) groups is 1. The molecular weight excluding hydrogens is 290 g/mol. The van der Waals surface area contributed by atoms with E-state index in [9.17, 15) is 4.79 Å². The first-order valence-corrected chi connectivity index (χ1v) is 6.64. The minimum atomic E-state index is -0.292. The number of nitrogens with zero attached hydrogens (tertiary/aromatic N) is 2. The number of carbonyl (C=O) groups excluding carboxylic acids is 1. The minimum Gasteiger partial charge on any atom is -0.495 e. The molecule has 0 aliphatic heterocycles. The maximum Gasteiger partial charge on any atom is 0.275 e. The van der Waals surface area contributed by atoms with Gasteiger partial charge in [0.25, 0.3) is 5.91 Å². The molecule has 2 aromatic heterocycles. The zero-order chi connectivity index (χ0) is 14.8. The van der Waals surface area contributed by atoms with Crippen LogP contribution in [0.25, 0.3) is 5.65 Å². The first-order chi connectivity index (χ1) is 10.2. The highest BCUT2D eigenvalue weighted by molar-refractivity contribution is 6.32. The van der Waals surface area contributed by atoms with E-state index in [2.05, 4.69) is 10.3 Å². The third-order valence-electron chi connectivity index (χ3n) is 3.01. The normalized spacial score (nSPS) is 10.6. The molecule has 0 spiro atoms. The van der Waals surface area contributed by atoms with Crippen LogP contribution in [0, 0.1) is 0 Å². The smallest absolute Gasteiger partial charge is 0.275 e. The zero-order valence-corrected chi connectivity index (χ0v) is 12.0. The second kappa shape index (κ2) is 5.46. The van der Waals surface area contributed by atoms with Crippen molar-refractivity contribution in [1.82, 2.24) is 9.38 Å². The monoisotopic (exact) mass is 301 g/mol. The lowest BCUT2D eigenvalue weighted by Crippen LogP contribution is -2.12. The van der Waals surface area contributed by atoms with Gasteiger partial charge in [-0.25, -0.2) is 4.98 Å². The molecule has 6 heteroatoms. The molecule has 1 amide bonds. The molecule has 0 radical (unpaired) electrons. The highest BCUT2D eigenvalue weighted by atomic mass is 35.5. The van der Waals surface area contributed by atoms with Gasteiger partial charge in [-0.2, -0.15) is 0 Å². The Morgan fingerprint density at radius 1 is 1.33 bits per heavy atom. The van der Waals surface area contributed by atoms with Crippen LogP contribution in [0.1, 0.15) is 10.5 Å². The Bertz CT molecular complexity index is 781. The Morgan fingerprint density at radius 3 is 2.90 bits per heavy atom. The van der Waals surface area contributed by atoms with Gasteiger partial charge in [-0.3, -0.25) is 4.79 Å². The number of fused-ring (bicyclic) bond motifs is 1. The van der Waals surface area contributed by atoms with Crippen molar-refractivity contribution in [2.75, 3.05) is 12.4 Å². The molecular formula is C15H12ClN3O2. The molecule has 0 saturated carbocycles. The number of anilines is 1. The molecule has 2 heterocycles. The van der Waals surface area contributed by atoms with Crippen LogP contribution in [0.3, 0.4) is 0 Å². The first kappa shape index (κ1) is 13.5. The van der Waals surface area contributed by atoms with Gasteiger partial charge < -0.3 is 14.5 Å². The fourth-order valence-corrected chi connectivity index (χ4v) is 2.24. The number of halogens is 1. The van der Waals surface area contributed by atoms with Gasteiger partial charge in [0.2, 0.25) is 0 Å². The lowest BCUT2D eigenvalue weighted by Gasteiger charge is -2.06. The summed E-state index contributed by atoms with van der Waals surface area (Å²) < 4.78 is 6.86. The molecule has 3 rings (SSSR count). The highest BCUT2D eigenvalue weighted by Gasteiger charge is 2.11. The van der Waals surface area contributed by atoms with Crippen molar-refractivity contribution in [2.45, 2.75) is 0 Å². The Labute approximate surface area is 126 Å². The Balaban J connectivity index is 1.84. The highest BCUT2D eigenvalue weighted by Crippen LogP contribution is 2.27. The third-order valence-corrected chi connectivity index (χ3v) is 3.30. The lowest BCUT2D eigenvalue weighted by atomic mass is 10.3. The van der Waals surface area contributed by atoms with Gasteiger partial charge in [-0.05, 0) is 30.3 Å². The van der Waals surface area contributed by atoms with E-state index >= 15 is 0 Å². The van der Waals surface area contributed by atoms with Crippen LogP contribution in [-0.2, 0) is 0 Å². The van der Waals surface area contributed by atoms with Crippen molar-refractivity contribution in [2.24, 2.45) is 0 Å². The fourth-order valence-electron chi connectivity index (χ4n) is 1.98. The average Bonchev–Trinajstić information content (AvgIpc) is 2.91. The number of hydrogen-bond acceptors (Lipinski definition) is 3. The Morgan fingerprint density at radius 2 is 2.19 bits per heavy atom. The predicted molar refractivity (Wildman–Crippen MR) is 81.1 cm³/mol. The van der Waals surface area contributed by atoms with Crippen molar-refractivity contribution in [3.8, 4) is 5.75 Å². The van der Waals surface area contributed by atoms with E-state index in [1.807, 2.05) is 24.4 Å². The second-order valence-corrected chi connectivity index (χ2v) is 4.80. The van der Waals surface area contributed by atoms with Crippen LogP contribution in [0.15, 0.2) is 48.8 Å². The largest absolute Gasteiger partial charge is 0.495 e. The lowest BCUT2D eigenvalue weighted by molar-refractivity contribution is 0.102. The number of pyridine rings is 1. The van der Waals surface area contributed by atoms with Crippen LogP contribution in [0.4, 0.5) is 5.69 Å². The number of methoxy groups -OCH3 is 1. The molecule has 5 nitrogen and oxygen atoms in total. The van der Waals surface area contributed by atoms with Crippen molar-refractivity contribution < 1.29 is 9.53 Å². The van der Waals surface area contributed by atoms with Crippen molar-refractivity contribution in [1.29, 1.82) is 0 Å². The van der Waals surface area contributed by atoms with Gasteiger partial charge in [0.05, 0.1) is 12.1 Å². The molecule has 0 aliphatic rings. The van der Waals surface area contributed by atoms with Gasteiger partial charge in [-0.15, -0.1) is 0 Å². The number of benzene rings is 1. The first-order valence-electron chi connectivity index (χ1n) is 6.26. The summed E-state index contributed by atoms with van der Waals surface area (Å²) in [4.78, 5) is 16.4. The van der Waals surface area contributed by atoms with Gasteiger partial charge in [0.1, 0.15) is 17.1 Å². The van der Waals surface area contributed by atoms with E-state index in [4.69, 9.17) is 16.3 Å². The van der Waals surface area contributed by atoms with Gasteiger partial charge >= 0.3 is 0 Å². The van der Waals surface area contributed by atoms with E-state index in [1.165, 1.54) is 7.11 Å². The molecule has 106 valence electrons. The SMILES string of the molecule is COc1ccc(NC(=O)c2cn3ccccc3n2)cc1Cl. The Kier molecular flexibility index (Phi) is 3.50. The summed E-state index contributed by atoms with van der Waals surface area (Å²) in [6.07, 6.45) is 3.51. The molecule has 0 fully saturated rings. The summed E-state index contributed by atoms with van der Waals surface area (Å²) in [6, 6.07) is 10.6.